The van der Waals surface area contributed by atoms with Crippen LogP contribution in [0.1, 0.15) is 12.5 Å². The number of nitrogens with one attached hydrogen (secondary N) is 1. The number of aliphatic hydroxyl groups is 1. The number of tetrazole rings is 1. The van der Waals surface area contributed by atoms with E-state index in [-0.39, 0.29) is 12.6 Å². The van der Waals surface area contributed by atoms with Crippen molar-refractivity contribution >= 4 is 5.95 Å². The quantitative estimate of drug-likeness (QED) is 0.815. The van der Waals surface area contributed by atoms with Crippen LogP contribution >= 0.6 is 0 Å². The lowest BCUT2D eigenvalue weighted by Crippen LogP contribution is -2.21. The van der Waals surface area contributed by atoms with Gasteiger partial charge in [0.25, 0.3) is 0 Å². The van der Waals surface area contributed by atoms with Gasteiger partial charge in [-0.05, 0) is 36.4 Å². The first-order valence-electron chi connectivity index (χ1n) is 5.43. The van der Waals surface area contributed by atoms with Crippen molar-refractivity contribution in [1.82, 2.24) is 20.2 Å². The third-order valence-corrected chi connectivity index (χ3v) is 2.40. The number of aromatic nitrogens is 4. The first-order valence-corrected chi connectivity index (χ1v) is 5.43. The van der Waals surface area contributed by atoms with E-state index in [0.717, 1.165) is 5.69 Å². The minimum Gasteiger partial charge on any atom is -0.394 e. The fourth-order valence-electron chi connectivity index (χ4n) is 1.40. The Kier molecular flexibility index (Phi) is 3.34. The highest BCUT2D eigenvalue weighted by Gasteiger charge is 2.10. The van der Waals surface area contributed by atoms with Gasteiger partial charge >= 0.3 is 0 Å². The molecule has 0 bridgehead atoms. The zero-order valence-corrected chi connectivity index (χ0v) is 9.83. The highest BCUT2D eigenvalue weighted by molar-refractivity contribution is 5.40. The molecular weight excluding hydrogens is 218 g/mol. The van der Waals surface area contributed by atoms with Crippen LogP contribution in [0.15, 0.2) is 24.3 Å². The Morgan fingerprint density at radius 3 is 2.71 bits per heavy atom. The van der Waals surface area contributed by atoms with E-state index >= 15 is 0 Å². The maximum atomic E-state index is 8.99. The van der Waals surface area contributed by atoms with Gasteiger partial charge in [-0.1, -0.05) is 22.8 Å². The lowest BCUT2D eigenvalue weighted by atomic mass is 10.2. The second-order valence-corrected chi connectivity index (χ2v) is 3.98. The van der Waals surface area contributed by atoms with Gasteiger partial charge in [0.1, 0.15) is 0 Å². The first-order chi connectivity index (χ1) is 8.20. The predicted octanol–water partition coefficient (Wildman–Crippen LogP) is 0.763. The summed E-state index contributed by atoms with van der Waals surface area (Å²) in [5, 5.41) is 23.4. The number of anilines is 1. The molecule has 0 amide bonds. The van der Waals surface area contributed by atoms with Crippen molar-refractivity contribution < 1.29 is 5.11 Å². The largest absolute Gasteiger partial charge is 0.394 e. The monoisotopic (exact) mass is 233 g/mol. The molecule has 1 aromatic heterocycles. The summed E-state index contributed by atoms with van der Waals surface area (Å²) in [6.45, 7) is 3.91. The minimum absolute atomic E-state index is 0.0285. The van der Waals surface area contributed by atoms with E-state index in [2.05, 4.69) is 20.8 Å². The smallest absolute Gasteiger partial charge is 0.248 e. The zero-order valence-electron chi connectivity index (χ0n) is 9.83. The standard InChI is InChI=1S/C11H15N5O/c1-8-3-5-10(6-4-8)16-11(13-14-15-16)12-9(2)7-17/h3-6,9,17H,7H2,1-2H3,(H,12,13,15)/t9-/m0/s1. The molecule has 1 aromatic carbocycles. The van der Waals surface area contributed by atoms with Gasteiger partial charge in [-0.2, -0.15) is 4.68 Å². The normalized spacial score (nSPS) is 12.4. The van der Waals surface area contributed by atoms with Crippen molar-refractivity contribution in [1.29, 1.82) is 0 Å². The topological polar surface area (TPSA) is 75.9 Å². The maximum absolute atomic E-state index is 8.99. The van der Waals surface area contributed by atoms with Gasteiger partial charge in [0.2, 0.25) is 5.95 Å². The molecule has 90 valence electrons. The van der Waals surface area contributed by atoms with Crippen LogP contribution < -0.4 is 5.32 Å². The maximum Gasteiger partial charge on any atom is 0.248 e. The molecular formula is C11H15N5O. The van der Waals surface area contributed by atoms with Crippen molar-refractivity contribution in [2.75, 3.05) is 11.9 Å². The highest BCUT2D eigenvalue weighted by atomic mass is 16.3. The molecule has 0 aliphatic rings. The Hall–Kier alpha value is -1.95. The lowest BCUT2D eigenvalue weighted by Gasteiger charge is -2.11. The summed E-state index contributed by atoms with van der Waals surface area (Å²) < 4.78 is 1.60. The summed E-state index contributed by atoms with van der Waals surface area (Å²) in [4.78, 5) is 0. The molecule has 0 fully saturated rings. The van der Waals surface area contributed by atoms with E-state index in [9.17, 15) is 0 Å². The van der Waals surface area contributed by atoms with E-state index in [4.69, 9.17) is 5.11 Å². The lowest BCUT2D eigenvalue weighted by molar-refractivity contribution is 0.281. The number of nitrogens with zero attached hydrogens (tertiary/aromatic N) is 4. The molecule has 0 radical (unpaired) electrons. The average molecular weight is 233 g/mol. The van der Waals surface area contributed by atoms with E-state index < -0.39 is 0 Å². The van der Waals surface area contributed by atoms with Crippen LogP contribution in [0.3, 0.4) is 0 Å². The van der Waals surface area contributed by atoms with Gasteiger partial charge in [-0.3, -0.25) is 0 Å². The molecule has 1 atom stereocenters. The molecule has 0 saturated heterocycles. The summed E-state index contributed by atoms with van der Waals surface area (Å²) in [6, 6.07) is 7.79. The van der Waals surface area contributed by atoms with Gasteiger partial charge in [-0.25, -0.2) is 0 Å². The van der Waals surface area contributed by atoms with Crippen molar-refractivity contribution in [2.24, 2.45) is 0 Å². The number of hydrogen-bond acceptors (Lipinski definition) is 5. The first kappa shape index (κ1) is 11.5. The van der Waals surface area contributed by atoms with Crippen LogP contribution in [0.25, 0.3) is 5.69 Å². The molecule has 2 aromatic rings. The molecule has 6 heteroatoms. The second kappa shape index (κ2) is 4.92. The average Bonchev–Trinajstić information content (AvgIpc) is 2.78. The molecule has 0 aliphatic heterocycles. The van der Waals surface area contributed by atoms with Crippen LogP contribution in [0, 0.1) is 6.92 Å². The minimum atomic E-state index is -0.0924. The Bertz CT molecular complexity index is 479. The van der Waals surface area contributed by atoms with Gasteiger partial charge < -0.3 is 10.4 Å². The van der Waals surface area contributed by atoms with Gasteiger partial charge in [0.05, 0.1) is 12.3 Å². The number of aliphatic hydroxyl groups excluding tert-OH is 1. The van der Waals surface area contributed by atoms with Crippen LogP contribution in [0.2, 0.25) is 0 Å². The Balaban J connectivity index is 2.27. The third-order valence-electron chi connectivity index (χ3n) is 2.40. The zero-order chi connectivity index (χ0) is 12.3. The summed E-state index contributed by atoms with van der Waals surface area (Å²) in [7, 11) is 0. The highest BCUT2D eigenvalue weighted by Crippen LogP contribution is 2.12. The Labute approximate surface area is 99.3 Å². The van der Waals surface area contributed by atoms with Gasteiger partial charge in [-0.15, -0.1) is 0 Å². The van der Waals surface area contributed by atoms with Gasteiger partial charge in [0, 0.05) is 6.04 Å². The van der Waals surface area contributed by atoms with Crippen LogP contribution in [-0.2, 0) is 0 Å². The van der Waals surface area contributed by atoms with Crippen molar-refractivity contribution in [2.45, 2.75) is 19.9 Å². The van der Waals surface area contributed by atoms with Crippen LogP contribution in [0.4, 0.5) is 5.95 Å². The van der Waals surface area contributed by atoms with Gasteiger partial charge in [0.15, 0.2) is 0 Å². The van der Waals surface area contributed by atoms with E-state index in [1.807, 2.05) is 38.1 Å². The van der Waals surface area contributed by atoms with Crippen molar-refractivity contribution in [3.63, 3.8) is 0 Å². The Morgan fingerprint density at radius 1 is 1.35 bits per heavy atom. The number of hydrogen-bond donors (Lipinski definition) is 2. The van der Waals surface area contributed by atoms with Crippen molar-refractivity contribution in [3.05, 3.63) is 29.8 Å². The van der Waals surface area contributed by atoms with E-state index in [1.54, 1.807) is 4.68 Å². The predicted molar refractivity (Wildman–Crippen MR) is 64.1 cm³/mol. The second-order valence-electron chi connectivity index (χ2n) is 3.98. The molecule has 2 rings (SSSR count). The third kappa shape index (κ3) is 2.59. The number of benzene rings is 1. The Morgan fingerprint density at radius 2 is 2.06 bits per heavy atom. The van der Waals surface area contributed by atoms with Crippen LogP contribution in [-0.4, -0.2) is 38.0 Å². The summed E-state index contributed by atoms with van der Waals surface area (Å²) in [5.74, 6) is 0.524. The summed E-state index contributed by atoms with van der Waals surface area (Å²) in [5.41, 5.74) is 2.06. The number of rotatable bonds is 4. The number of aryl methyl sites for hydroxylation is 1. The summed E-state index contributed by atoms with van der Waals surface area (Å²) in [6.07, 6.45) is 0. The molecule has 0 aliphatic carbocycles. The molecule has 6 nitrogen and oxygen atoms in total. The molecule has 0 saturated carbocycles. The molecule has 0 unspecified atom stereocenters. The molecule has 17 heavy (non-hydrogen) atoms. The summed E-state index contributed by atoms with van der Waals surface area (Å²) >= 11 is 0. The fourth-order valence-corrected chi connectivity index (χ4v) is 1.40. The van der Waals surface area contributed by atoms with Crippen LogP contribution in [0.5, 0.6) is 0 Å². The SMILES string of the molecule is Cc1ccc(-n2nnnc2N[C@@H](C)CO)cc1. The molecule has 2 N–H and O–H groups in total. The molecule has 1 heterocycles. The van der Waals surface area contributed by atoms with Crippen molar-refractivity contribution in [3.8, 4) is 5.69 Å². The fraction of sp³-hybridized carbons (Fsp3) is 0.364. The molecule has 0 spiro atoms. The van der Waals surface area contributed by atoms with E-state index in [1.165, 1.54) is 5.56 Å². The van der Waals surface area contributed by atoms with E-state index in [0.29, 0.717) is 5.95 Å².